The third-order valence-corrected chi connectivity index (χ3v) is 12.0. The molecular formula is C56H35N3. The van der Waals surface area contributed by atoms with Crippen LogP contribution in [0.25, 0.3) is 116 Å². The van der Waals surface area contributed by atoms with E-state index >= 15 is 0 Å². The molecule has 274 valence electrons. The van der Waals surface area contributed by atoms with Crippen molar-refractivity contribution in [3.63, 3.8) is 0 Å². The second kappa shape index (κ2) is 13.4. The molecule has 0 aliphatic rings. The summed E-state index contributed by atoms with van der Waals surface area (Å²) in [6, 6.07) is 76.4. The highest BCUT2D eigenvalue weighted by atomic mass is 15.0. The second-order valence-corrected chi connectivity index (χ2v) is 15.3. The van der Waals surface area contributed by atoms with E-state index in [1.807, 2.05) is 24.3 Å². The Morgan fingerprint density at radius 2 is 0.898 bits per heavy atom. The summed E-state index contributed by atoms with van der Waals surface area (Å²) >= 11 is 0. The molecule has 0 spiro atoms. The topological polar surface area (TPSA) is 30.7 Å². The smallest absolute Gasteiger partial charge is 0.160 e. The highest BCUT2D eigenvalue weighted by molar-refractivity contribution is 6.28. The molecule has 12 aromatic rings. The van der Waals surface area contributed by atoms with E-state index in [9.17, 15) is 0 Å². The van der Waals surface area contributed by atoms with Crippen molar-refractivity contribution >= 4 is 64.9 Å². The number of benzene rings is 10. The minimum Gasteiger partial charge on any atom is -0.309 e. The third-order valence-electron chi connectivity index (χ3n) is 12.0. The van der Waals surface area contributed by atoms with Gasteiger partial charge in [0.25, 0.3) is 0 Å². The highest BCUT2D eigenvalue weighted by Crippen LogP contribution is 2.43. The highest BCUT2D eigenvalue weighted by Gasteiger charge is 2.18. The van der Waals surface area contributed by atoms with Crippen LogP contribution in [0.3, 0.4) is 0 Å². The minimum atomic E-state index is 0.711. The molecule has 2 aromatic heterocycles. The van der Waals surface area contributed by atoms with Crippen LogP contribution in [-0.2, 0) is 0 Å². The first-order valence-corrected chi connectivity index (χ1v) is 20.2. The van der Waals surface area contributed by atoms with Crippen LogP contribution in [0.15, 0.2) is 212 Å². The first-order chi connectivity index (χ1) is 29.2. The summed E-state index contributed by atoms with van der Waals surface area (Å²) in [6.45, 7) is 0. The Labute approximate surface area is 341 Å². The van der Waals surface area contributed by atoms with Gasteiger partial charge >= 0.3 is 0 Å². The Morgan fingerprint density at radius 1 is 0.305 bits per heavy atom. The molecule has 0 N–H and O–H groups in total. The van der Waals surface area contributed by atoms with E-state index in [1.54, 1.807) is 0 Å². The maximum absolute atomic E-state index is 5.28. The average Bonchev–Trinajstić information content (AvgIpc) is 3.65. The standard InChI is InChI=1S/C56H35N3/c1-3-15-37(16-4-1)51-35-52(58-56(57-51)38-17-5-2-6-18-38)49-24-13-23-47-43-20-9-10-21-44(43)50-33-40(28-31-48(50)55(47)49)41-27-30-46-45-22-11-12-25-53(45)59(54(46)34-41)42-29-26-36-14-7-8-19-39(36)32-42/h1-35H. The summed E-state index contributed by atoms with van der Waals surface area (Å²) in [6.07, 6.45) is 0. The molecule has 3 nitrogen and oxygen atoms in total. The van der Waals surface area contributed by atoms with Gasteiger partial charge in [0, 0.05) is 33.2 Å². The van der Waals surface area contributed by atoms with Gasteiger partial charge in [-0.15, -0.1) is 0 Å². The molecule has 2 heterocycles. The van der Waals surface area contributed by atoms with E-state index in [4.69, 9.17) is 9.97 Å². The Hall–Kier alpha value is -7.88. The lowest BCUT2D eigenvalue weighted by atomic mass is 9.89. The van der Waals surface area contributed by atoms with Crippen LogP contribution in [0, 0.1) is 0 Å². The molecule has 59 heavy (non-hydrogen) atoms. The lowest BCUT2D eigenvalue weighted by Gasteiger charge is -2.16. The summed E-state index contributed by atoms with van der Waals surface area (Å²) in [4.78, 5) is 10.4. The van der Waals surface area contributed by atoms with Crippen LogP contribution in [0.5, 0.6) is 0 Å². The van der Waals surface area contributed by atoms with E-state index < -0.39 is 0 Å². The van der Waals surface area contributed by atoms with Gasteiger partial charge in [-0.3, -0.25) is 0 Å². The molecular weight excluding hydrogens is 715 g/mol. The zero-order chi connectivity index (χ0) is 38.9. The maximum Gasteiger partial charge on any atom is 0.160 e. The van der Waals surface area contributed by atoms with Gasteiger partial charge < -0.3 is 4.57 Å². The molecule has 0 saturated heterocycles. The van der Waals surface area contributed by atoms with Gasteiger partial charge in [0.05, 0.1) is 22.4 Å². The van der Waals surface area contributed by atoms with Crippen molar-refractivity contribution in [2.45, 2.75) is 0 Å². The summed E-state index contributed by atoms with van der Waals surface area (Å²) in [7, 11) is 0. The van der Waals surface area contributed by atoms with Crippen LogP contribution < -0.4 is 0 Å². The lowest BCUT2D eigenvalue weighted by Crippen LogP contribution is -1.97. The molecule has 0 radical (unpaired) electrons. The molecule has 3 heteroatoms. The number of fused-ring (bicyclic) bond motifs is 10. The normalized spacial score (nSPS) is 11.7. The van der Waals surface area contributed by atoms with Crippen LogP contribution in [-0.4, -0.2) is 14.5 Å². The van der Waals surface area contributed by atoms with Gasteiger partial charge in [0.2, 0.25) is 0 Å². The van der Waals surface area contributed by atoms with Gasteiger partial charge in [0.15, 0.2) is 5.82 Å². The number of nitrogens with zero attached hydrogens (tertiary/aromatic N) is 3. The molecule has 0 bridgehead atoms. The van der Waals surface area contributed by atoms with Gasteiger partial charge in [0.1, 0.15) is 0 Å². The number of hydrogen-bond acceptors (Lipinski definition) is 2. The Balaban J connectivity index is 1.09. The van der Waals surface area contributed by atoms with E-state index in [2.05, 4.69) is 193 Å². The van der Waals surface area contributed by atoms with E-state index in [0.29, 0.717) is 5.82 Å². The van der Waals surface area contributed by atoms with Crippen molar-refractivity contribution in [1.29, 1.82) is 0 Å². The van der Waals surface area contributed by atoms with Crippen LogP contribution in [0.1, 0.15) is 0 Å². The van der Waals surface area contributed by atoms with Crippen molar-refractivity contribution in [1.82, 2.24) is 14.5 Å². The third kappa shape index (κ3) is 5.44. The monoisotopic (exact) mass is 749 g/mol. The number of hydrogen-bond donors (Lipinski definition) is 0. The summed E-state index contributed by atoms with van der Waals surface area (Å²) < 4.78 is 2.42. The van der Waals surface area contributed by atoms with Gasteiger partial charge in [-0.05, 0) is 90.6 Å². The largest absolute Gasteiger partial charge is 0.309 e. The molecule has 0 atom stereocenters. The van der Waals surface area contributed by atoms with E-state index in [0.717, 1.165) is 33.8 Å². The SMILES string of the molecule is c1ccc(-c2cc(-c3cccc4c5ccccc5c5cc(-c6ccc7c8ccccc8n(-c8ccc9ccccc9c8)c7c6)ccc5c34)nc(-c3ccccc3)n2)cc1. The lowest BCUT2D eigenvalue weighted by molar-refractivity contribution is 1.18. The van der Waals surface area contributed by atoms with Gasteiger partial charge in [-0.25, -0.2) is 9.97 Å². The van der Waals surface area contributed by atoms with Crippen molar-refractivity contribution in [3.8, 4) is 50.7 Å². The molecule has 0 aliphatic carbocycles. The Kier molecular flexibility index (Phi) is 7.54. The number of para-hydroxylation sites is 1. The van der Waals surface area contributed by atoms with Crippen molar-refractivity contribution in [2.24, 2.45) is 0 Å². The molecule has 0 unspecified atom stereocenters. The first-order valence-electron chi connectivity index (χ1n) is 20.2. The number of aromatic nitrogens is 3. The summed E-state index contributed by atoms with van der Waals surface area (Å²) in [5.74, 6) is 0.711. The number of rotatable bonds is 5. The second-order valence-electron chi connectivity index (χ2n) is 15.3. The molecule has 10 aromatic carbocycles. The predicted octanol–water partition coefficient (Wildman–Crippen LogP) is 14.9. The van der Waals surface area contributed by atoms with Crippen LogP contribution in [0.4, 0.5) is 0 Å². The maximum atomic E-state index is 5.28. The Morgan fingerprint density at radius 3 is 1.71 bits per heavy atom. The summed E-state index contributed by atoms with van der Waals surface area (Å²) in [5, 5.41) is 12.2. The molecule has 12 rings (SSSR count). The molecule has 0 amide bonds. The Bertz CT molecular complexity index is 3550. The average molecular weight is 750 g/mol. The van der Waals surface area contributed by atoms with Crippen molar-refractivity contribution < 1.29 is 0 Å². The predicted molar refractivity (Wildman–Crippen MR) is 248 cm³/mol. The van der Waals surface area contributed by atoms with Crippen molar-refractivity contribution in [3.05, 3.63) is 212 Å². The fraction of sp³-hybridized carbons (Fsp3) is 0. The van der Waals surface area contributed by atoms with Crippen LogP contribution in [0.2, 0.25) is 0 Å². The molecule has 0 fully saturated rings. The van der Waals surface area contributed by atoms with Gasteiger partial charge in [-0.2, -0.15) is 0 Å². The first kappa shape index (κ1) is 33.3. The summed E-state index contributed by atoms with van der Waals surface area (Å²) in [5.41, 5.74) is 10.8. The fourth-order valence-corrected chi connectivity index (χ4v) is 9.20. The van der Waals surface area contributed by atoms with E-state index in [1.165, 1.54) is 76.0 Å². The van der Waals surface area contributed by atoms with Crippen molar-refractivity contribution in [2.75, 3.05) is 0 Å². The molecule has 0 saturated carbocycles. The zero-order valence-electron chi connectivity index (χ0n) is 32.0. The molecule has 0 aliphatic heterocycles. The van der Waals surface area contributed by atoms with Crippen LogP contribution >= 0.6 is 0 Å². The quantitative estimate of drug-likeness (QED) is 0.164. The van der Waals surface area contributed by atoms with Gasteiger partial charge in [-0.1, -0.05) is 176 Å². The zero-order valence-corrected chi connectivity index (χ0v) is 32.0. The fourth-order valence-electron chi connectivity index (χ4n) is 9.20. The minimum absolute atomic E-state index is 0.711. The van der Waals surface area contributed by atoms with E-state index in [-0.39, 0.29) is 0 Å².